The van der Waals surface area contributed by atoms with E-state index in [2.05, 4.69) is 72.8 Å². The first-order chi connectivity index (χ1) is 15.4. The minimum Gasteiger partial charge on any atom is -0.456 e. The van der Waals surface area contributed by atoms with E-state index in [0.29, 0.717) is 0 Å². The number of furan rings is 2. The highest BCUT2D eigenvalue weighted by atomic mass is 16.3. The monoisotopic (exact) mass is 396 g/mol. The molecule has 0 bridgehead atoms. The van der Waals surface area contributed by atoms with E-state index in [1.54, 1.807) is 0 Å². The Balaban J connectivity index is 1.74. The molecule has 0 radical (unpaired) electrons. The largest absolute Gasteiger partial charge is 0.456 e. The van der Waals surface area contributed by atoms with E-state index in [1.165, 1.54) is 43.8 Å². The second kappa shape index (κ2) is 5.35. The van der Waals surface area contributed by atoms with Gasteiger partial charge < -0.3 is 8.83 Å². The molecule has 0 atom stereocenters. The first-order valence-electron chi connectivity index (χ1n) is 10.7. The van der Waals surface area contributed by atoms with E-state index < -0.39 is 0 Å². The van der Waals surface area contributed by atoms with Gasteiger partial charge in [0, 0.05) is 32.5 Å². The minimum atomic E-state index is 0.926. The number of hydrogen-bond acceptors (Lipinski definition) is 2. The lowest BCUT2D eigenvalue weighted by Crippen LogP contribution is -1.87. The Morgan fingerprint density at radius 1 is 0.516 bits per heavy atom. The molecule has 0 amide bonds. The van der Waals surface area contributed by atoms with Crippen molar-refractivity contribution in [1.82, 2.24) is 0 Å². The van der Waals surface area contributed by atoms with E-state index in [-0.39, 0.29) is 0 Å². The Kier molecular flexibility index (Phi) is 2.72. The summed E-state index contributed by atoms with van der Waals surface area (Å²) in [5.41, 5.74) is 9.04. The van der Waals surface area contributed by atoms with Crippen molar-refractivity contribution in [2.75, 3.05) is 0 Å². The molecule has 144 valence electrons. The van der Waals surface area contributed by atoms with Gasteiger partial charge in [0.05, 0.1) is 0 Å². The number of hydrogen-bond donors (Lipinski definition) is 0. The summed E-state index contributed by atoms with van der Waals surface area (Å²) in [5, 5.41) is 7.23. The van der Waals surface area contributed by atoms with Crippen LogP contribution in [0, 0.1) is 0 Å². The third-order valence-corrected chi connectivity index (χ3v) is 6.90. The van der Waals surface area contributed by atoms with Crippen molar-refractivity contribution in [3.8, 4) is 11.1 Å². The van der Waals surface area contributed by atoms with Gasteiger partial charge in [-0.15, -0.1) is 0 Å². The summed E-state index contributed by atoms with van der Waals surface area (Å²) in [6.45, 7) is 0. The molecule has 2 aromatic heterocycles. The molecule has 1 aliphatic carbocycles. The molecule has 0 saturated heterocycles. The van der Waals surface area contributed by atoms with E-state index in [1.807, 2.05) is 12.1 Å². The van der Waals surface area contributed by atoms with Crippen LogP contribution >= 0.6 is 0 Å². The molecule has 2 heterocycles. The Labute approximate surface area is 177 Å². The third-order valence-electron chi connectivity index (χ3n) is 6.90. The van der Waals surface area contributed by atoms with E-state index in [0.717, 1.165) is 39.5 Å². The zero-order valence-electron chi connectivity index (χ0n) is 16.6. The lowest BCUT2D eigenvalue weighted by atomic mass is 9.92. The Morgan fingerprint density at radius 2 is 1.23 bits per heavy atom. The second-order valence-corrected chi connectivity index (χ2v) is 8.45. The summed E-state index contributed by atoms with van der Waals surface area (Å²) >= 11 is 0. The molecule has 0 N–H and O–H groups in total. The third kappa shape index (κ3) is 1.84. The number of rotatable bonds is 0. The van der Waals surface area contributed by atoms with Gasteiger partial charge in [0.1, 0.15) is 22.3 Å². The van der Waals surface area contributed by atoms with E-state index in [9.17, 15) is 0 Å². The predicted octanol–water partition coefficient (Wildman–Crippen LogP) is 8.21. The molecule has 0 unspecified atom stereocenters. The zero-order valence-corrected chi connectivity index (χ0v) is 16.6. The predicted molar refractivity (Wildman–Crippen MR) is 127 cm³/mol. The van der Waals surface area contributed by atoms with E-state index in [4.69, 9.17) is 8.83 Å². The molecular weight excluding hydrogens is 380 g/mol. The van der Waals surface area contributed by atoms with Gasteiger partial charge in [0.25, 0.3) is 0 Å². The fourth-order valence-electron chi connectivity index (χ4n) is 5.65. The van der Waals surface area contributed by atoms with Gasteiger partial charge in [-0.05, 0) is 46.7 Å². The van der Waals surface area contributed by atoms with Gasteiger partial charge in [-0.2, -0.15) is 0 Å². The first-order valence-corrected chi connectivity index (χ1v) is 10.7. The molecule has 7 aromatic rings. The number of para-hydroxylation sites is 2. The maximum absolute atomic E-state index is 6.57. The Bertz CT molecular complexity index is 1860. The average molecular weight is 396 g/mol. The summed E-state index contributed by atoms with van der Waals surface area (Å²) in [4.78, 5) is 0. The highest BCUT2D eigenvalue weighted by Gasteiger charge is 2.28. The van der Waals surface area contributed by atoms with Crippen LogP contribution < -0.4 is 0 Å². The Hall–Kier alpha value is -4.04. The molecule has 0 saturated carbocycles. The number of fused-ring (bicyclic) bond motifs is 14. The smallest absolute Gasteiger partial charge is 0.144 e. The van der Waals surface area contributed by atoms with E-state index >= 15 is 0 Å². The van der Waals surface area contributed by atoms with Crippen molar-refractivity contribution in [2.45, 2.75) is 6.42 Å². The maximum atomic E-state index is 6.57. The molecule has 1 aliphatic rings. The fourth-order valence-corrected chi connectivity index (χ4v) is 5.65. The molecule has 31 heavy (non-hydrogen) atoms. The second-order valence-electron chi connectivity index (χ2n) is 8.45. The van der Waals surface area contributed by atoms with Crippen LogP contribution in [-0.2, 0) is 6.42 Å². The topological polar surface area (TPSA) is 26.3 Å². The molecule has 0 aliphatic heterocycles. The lowest BCUT2D eigenvalue weighted by molar-refractivity contribution is 0.669. The molecular formula is C29H16O2. The van der Waals surface area contributed by atoms with Gasteiger partial charge in [-0.25, -0.2) is 0 Å². The van der Waals surface area contributed by atoms with Crippen LogP contribution in [0.2, 0.25) is 0 Å². The van der Waals surface area contributed by atoms with Crippen LogP contribution in [0.3, 0.4) is 0 Å². The normalized spacial score (nSPS) is 13.0. The molecule has 2 nitrogen and oxygen atoms in total. The standard InChI is InChI=1S/C29H16O2/c1-2-8-17-16(7-1)15-21-18-13-14-24-26(19-9-3-5-11-22(19)30-24)27(18)28-20-10-4-6-12-23(20)31-29(28)25(17)21/h1-14H,15H2. The van der Waals surface area contributed by atoms with Crippen LogP contribution in [0.1, 0.15) is 11.1 Å². The molecule has 8 rings (SSSR count). The van der Waals surface area contributed by atoms with Crippen molar-refractivity contribution in [3.05, 3.63) is 96.1 Å². The molecule has 0 fully saturated rings. The van der Waals surface area contributed by atoms with Crippen molar-refractivity contribution in [1.29, 1.82) is 0 Å². The SMILES string of the molecule is c1ccc2c(c1)Cc1c-2c2oc3ccccc3c2c2c1ccc1oc3ccccc3c12. The van der Waals surface area contributed by atoms with Crippen LogP contribution in [0.4, 0.5) is 0 Å². The summed E-state index contributed by atoms with van der Waals surface area (Å²) in [7, 11) is 0. The van der Waals surface area contributed by atoms with Crippen molar-refractivity contribution >= 4 is 54.6 Å². The van der Waals surface area contributed by atoms with Crippen molar-refractivity contribution in [2.24, 2.45) is 0 Å². The zero-order chi connectivity index (χ0) is 20.1. The van der Waals surface area contributed by atoms with Crippen molar-refractivity contribution in [3.63, 3.8) is 0 Å². The van der Waals surface area contributed by atoms with Crippen LogP contribution in [0.25, 0.3) is 65.8 Å². The summed E-state index contributed by atoms with van der Waals surface area (Å²) in [5.74, 6) is 0. The number of benzene rings is 5. The molecule has 2 heteroatoms. The average Bonchev–Trinajstić information content (AvgIpc) is 3.49. The highest BCUT2D eigenvalue weighted by Crippen LogP contribution is 2.51. The highest BCUT2D eigenvalue weighted by molar-refractivity contribution is 6.34. The summed E-state index contributed by atoms with van der Waals surface area (Å²) in [6.07, 6.45) is 0.927. The molecule has 0 spiro atoms. The van der Waals surface area contributed by atoms with Gasteiger partial charge in [-0.1, -0.05) is 66.7 Å². The van der Waals surface area contributed by atoms with Crippen LogP contribution in [0.5, 0.6) is 0 Å². The van der Waals surface area contributed by atoms with Gasteiger partial charge in [0.15, 0.2) is 0 Å². The van der Waals surface area contributed by atoms with Crippen LogP contribution in [0.15, 0.2) is 93.8 Å². The van der Waals surface area contributed by atoms with Crippen LogP contribution in [-0.4, -0.2) is 0 Å². The lowest BCUT2D eigenvalue weighted by Gasteiger charge is -2.10. The van der Waals surface area contributed by atoms with Crippen molar-refractivity contribution < 1.29 is 8.83 Å². The Morgan fingerprint density at radius 3 is 2.10 bits per heavy atom. The maximum Gasteiger partial charge on any atom is 0.144 e. The minimum absolute atomic E-state index is 0.926. The fraction of sp³-hybridized carbons (Fsp3) is 0.0345. The summed E-state index contributed by atoms with van der Waals surface area (Å²) < 4.78 is 12.8. The quantitative estimate of drug-likeness (QED) is 0.258. The van der Waals surface area contributed by atoms with Gasteiger partial charge in [-0.3, -0.25) is 0 Å². The van der Waals surface area contributed by atoms with Gasteiger partial charge >= 0.3 is 0 Å². The van der Waals surface area contributed by atoms with Gasteiger partial charge in [0.2, 0.25) is 0 Å². The molecule has 5 aromatic carbocycles. The summed E-state index contributed by atoms with van der Waals surface area (Å²) in [6, 6.07) is 29.8. The first kappa shape index (κ1) is 15.8.